The van der Waals surface area contributed by atoms with Gasteiger partial charge in [-0.1, -0.05) is 19.0 Å². The van der Waals surface area contributed by atoms with Crippen molar-refractivity contribution in [3.63, 3.8) is 0 Å². The lowest BCUT2D eigenvalue weighted by Gasteiger charge is -2.33. The number of hydrogen-bond donors (Lipinski definition) is 0. The fraction of sp³-hybridized carbons (Fsp3) is 0.500. The van der Waals surface area contributed by atoms with Crippen LogP contribution < -0.4 is 9.64 Å². The van der Waals surface area contributed by atoms with Crippen LogP contribution in [0.4, 0.5) is 10.4 Å². The molecule has 0 spiro atoms. The quantitative estimate of drug-likeness (QED) is 0.258. The zero-order chi connectivity index (χ0) is 23.8. The van der Waals surface area contributed by atoms with Gasteiger partial charge in [-0.25, -0.2) is 14.5 Å². The monoisotopic (exact) mass is 503 g/mol. The maximum absolute atomic E-state index is 14.4. The summed E-state index contributed by atoms with van der Waals surface area (Å²) < 4.78 is 27.6. The predicted molar refractivity (Wildman–Crippen MR) is 129 cm³/mol. The topological polar surface area (TPSA) is 94.5 Å². The molecule has 0 radical (unpaired) electrons. The van der Waals surface area contributed by atoms with Crippen molar-refractivity contribution in [2.24, 2.45) is 5.92 Å². The zero-order valence-electron chi connectivity index (χ0n) is 19.4. The number of ether oxygens (including phenoxy) is 1. The van der Waals surface area contributed by atoms with E-state index in [9.17, 15) is 4.39 Å². The van der Waals surface area contributed by atoms with Gasteiger partial charge in [0.1, 0.15) is 6.10 Å². The molecule has 5 rings (SSSR count). The molecule has 1 unspecified atom stereocenters. The van der Waals surface area contributed by atoms with Gasteiger partial charge < -0.3 is 14.2 Å². The zero-order valence-corrected chi connectivity index (χ0v) is 21.1. The molecule has 1 aliphatic heterocycles. The molecule has 5 heterocycles. The Morgan fingerprint density at radius 2 is 1.97 bits per heavy atom. The molecule has 1 saturated heterocycles. The van der Waals surface area contributed by atoms with E-state index in [1.54, 1.807) is 22.8 Å². The number of piperidine rings is 1. The van der Waals surface area contributed by atoms with Crippen LogP contribution in [-0.2, 0) is 0 Å². The fourth-order valence-electron chi connectivity index (χ4n) is 3.99. The van der Waals surface area contributed by atoms with Gasteiger partial charge >= 0.3 is 6.01 Å². The Labute approximate surface area is 204 Å². The molecule has 4 aromatic heterocycles. The third-order valence-electron chi connectivity index (χ3n) is 6.04. The number of hydrogen-bond acceptors (Lipinski definition) is 10. The van der Waals surface area contributed by atoms with Crippen LogP contribution >= 0.6 is 23.1 Å². The molecule has 0 saturated carbocycles. The third-order valence-corrected chi connectivity index (χ3v) is 7.50. The van der Waals surface area contributed by atoms with E-state index >= 15 is 0 Å². The number of nitrogens with zero attached hydrogens (tertiary/aromatic N) is 7. The van der Waals surface area contributed by atoms with Gasteiger partial charge in [-0.05, 0) is 55.4 Å². The van der Waals surface area contributed by atoms with Gasteiger partial charge in [0.15, 0.2) is 5.82 Å². The molecule has 0 aromatic carbocycles. The van der Waals surface area contributed by atoms with Crippen LogP contribution in [0.25, 0.3) is 16.2 Å². The maximum atomic E-state index is 14.4. The molecular formula is C22H26FN7O2S2. The molecule has 12 heteroatoms. The van der Waals surface area contributed by atoms with Crippen molar-refractivity contribution in [1.82, 2.24) is 29.7 Å². The van der Waals surface area contributed by atoms with Gasteiger partial charge in [0.2, 0.25) is 10.9 Å². The second kappa shape index (κ2) is 9.49. The van der Waals surface area contributed by atoms with E-state index in [1.807, 2.05) is 6.26 Å². The van der Waals surface area contributed by atoms with E-state index in [4.69, 9.17) is 9.26 Å². The molecule has 34 heavy (non-hydrogen) atoms. The van der Waals surface area contributed by atoms with Gasteiger partial charge in [0.25, 0.3) is 5.19 Å². The Morgan fingerprint density at radius 3 is 2.62 bits per heavy atom. The lowest BCUT2D eigenvalue weighted by Crippen LogP contribution is -2.38. The van der Waals surface area contributed by atoms with Crippen molar-refractivity contribution in [2.75, 3.05) is 24.2 Å². The summed E-state index contributed by atoms with van der Waals surface area (Å²) >= 11 is 2.75. The van der Waals surface area contributed by atoms with E-state index in [0.29, 0.717) is 38.4 Å². The van der Waals surface area contributed by atoms with Crippen molar-refractivity contribution < 1.29 is 13.7 Å². The Morgan fingerprint density at radius 1 is 1.18 bits per heavy atom. The molecule has 0 aliphatic carbocycles. The number of halogens is 1. The molecule has 1 aliphatic rings. The van der Waals surface area contributed by atoms with Crippen molar-refractivity contribution in [3.8, 4) is 16.5 Å². The van der Waals surface area contributed by atoms with E-state index in [-0.39, 0.29) is 12.0 Å². The SMILES string of the molecule is CSc1ccc(-c2cn3nc(OC(C)C4CCN(c5nc(C(C)C)no5)CC4)sc3n2)c(F)n1. The van der Waals surface area contributed by atoms with Gasteiger partial charge in [-0.3, -0.25) is 0 Å². The van der Waals surface area contributed by atoms with E-state index in [0.717, 1.165) is 31.8 Å². The standard InChI is InChI=1S/C22H26FN7O2S2/c1-12(2)19-26-20(32-28-19)29-9-7-14(8-10-29)13(3)31-22-27-30-11-16(24-21(30)34-22)15-5-6-17(33-4)25-18(15)23/h5-6,11-14H,7-10H2,1-4H3. The average molecular weight is 504 g/mol. The third kappa shape index (κ3) is 4.61. The van der Waals surface area contributed by atoms with Crippen LogP contribution in [0, 0.1) is 11.9 Å². The van der Waals surface area contributed by atoms with E-state index in [2.05, 4.69) is 50.9 Å². The Bertz CT molecular complexity index is 1250. The first-order chi connectivity index (χ1) is 16.4. The number of imidazole rings is 1. The minimum absolute atomic E-state index is 0.00659. The summed E-state index contributed by atoms with van der Waals surface area (Å²) in [6, 6.07) is 4.08. The Balaban J connectivity index is 1.20. The average Bonchev–Trinajstić information content (AvgIpc) is 3.54. The highest BCUT2D eigenvalue weighted by Crippen LogP contribution is 2.31. The molecule has 9 nitrogen and oxygen atoms in total. The molecule has 4 aromatic rings. The van der Waals surface area contributed by atoms with E-state index in [1.165, 1.54) is 23.1 Å². The normalized spacial score (nSPS) is 16.0. The highest BCUT2D eigenvalue weighted by molar-refractivity contribution is 7.98. The summed E-state index contributed by atoms with van der Waals surface area (Å²) in [7, 11) is 0. The Hall–Kier alpha value is -2.73. The highest BCUT2D eigenvalue weighted by Gasteiger charge is 2.28. The van der Waals surface area contributed by atoms with Crippen molar-refractivity contribution in [1.29, 1.82) is 0 Å². The lowest BCUT2D eigenvalue weighted by molar-refractivity contribution is 0.130. The number of thioether (sulfide) groups is 1. The minimum atomic E-state index is -0.532. The molecule has 180 valence electrons. The molecule has 1 atom stereocenters. The smallest absolute Gasteiger partial charge is 0.324 e. The molecular weight excluding hydrogens is 477 g/mol. The van der Waals surface area contributed by atoms with Crippen molar-refractivity contribution >= 4 is 34.1 Å². The summed E-state index contributed by atoms with van der Waals surface area (Å²) in [5, 5.41) is 9.75. The summed E-state index contributed by atoms with van der Waals surface area (Å²) in [6.07, 6.45) is 5.50. The van der Waals surface area contributed by atoms with Crippen molar-refractivity contribution in [2.45, 2.75) is 50.7 Å². The minimum Gasteiger partial charge on any atom is -0.466 e. The second-order valence-corrected chi connectivity index (χ2v) is 10.4. The molecule has 0 bridgehead atoms. The van der Waals surface area contributed by atoms with Gasteiger partial charge in [0.05, 0.1) is 22.5 Å². The van der Waals surface area contributed by atoms with Crippen LogP contribution in [0.5, 0.6) is 5.19 Å². The first kappa shape index (κ1) is 23.0. The van der Waals surface area contributed by atoms with E-state index < -0.39 is 5.95 Å². The summed E-state index contributed by atoms with van der Waals surface area (Å²) in [5.74, 6) is 0.845. The fourth-order valence-corrected chi connectivity index (χ4v) is 5.18. The number of anilines is 1. The lowest BCUT2D eigenvalue weighted by atomic mass is 9.92. The maximum Gasteiger partial charge on any atom is 0.324 e. The van der Waals surface area contributed by atoms with Crippen LogP contribution in [0.3, 0.4) is 0 Å². The van der Waals surface area contributed by atoms with Crippen LogP contribution in [0.2, 0.25) is 0 Å². The highest BCUT2D eigenvalue weighted by atomic mass is 32.2. The number of fused-ring (bicyclic) bond motifs is 1. The summed E-state index contributed by atoms with van der Waals surface area (Å²) in [4.78, 5) is 15.8. The predicted octanol–water partition coefficient (Wildman–Crippen LogP) is 4.90. The Kier molecular flexibility index (Phi) is 6.43. The largest absolute Gasteiger partial charge is 0.466 e. The summed E-state index contributed by atoms with van der Waals surface area (Å²) in [5.41, 5.74) is 0.866. The van der Waals surface area contributed by atoms with Gasteiger partial charge in [-0.15, -0.1) is 16.9 Å². The first-order valence-electron chi connectivity index (χ1n) is 11.2. The molecule has 0 N–H and O–H groups in total. The van der Waals surface area contributed by atoms with Crippen LogP contribution in [0.1, 0.15) is 45.4 Å². The number of aromatic nitrogens is 6. The first-order valence-corrected chi connectivity index (χ1v) is 13.3. The van der Waals surface area contributed by atoms with Gasteiger partial charge in [0, 0.05) is 19.0 Å². The van der Waals surface area contributed by atoms with Gasteiger partial charge in [-0.2, -0.15) is 9.37 Å². The number of pyridine rings is 1. The second-order valence-electron chi connectivity index (χ2n) is 8.65. The van der Waals surface area contributed by atoms with Crippen molar-refractivity contribution in [3.05, 3.63) is 30.1 Å². The summed E-state index contributed by atoms with van der Waals surface area (Å²) in [6.45, 7) is 7.87. The van der Waals surface area contributed by atoms with Crippen LogP contribution in [0.15, 0.2) is 27.9 Å². The molecule has 1 fully saturated rings. The van der Waals surface area contributed by atoms with Crippen LogP contribution in [-0.4, -0.2) is 55.2 Å². The number of rotatable bonds is 7. The molecule has 0 amide bonds.